The van der Waals surface area contributed by atoms with E-state index in [1.54, 1.807) is 11.8 Å². The minimum absolute atomic E-state index is 0.0259. The number of nitrogens with one attached hydrogen (secondary N) is 1. The Morgan fingerprint density at radius 2 is 2.05 bits per heavy atom. The predicted molar refractivity (Wildman–Crippen MR) is 80.7 cm³/mol. The molecular weight excluding hydrogens is 299 g/mol. The zero-order valence-electron chi connectivity index (χ0n) is 11.4. The molecule has 2 rings (SSSR count). The fraction of sp³-hybridized carbons (Fsp3) is 0.538. The van der Waals surface area contributed by atoms with Crippen molar-refractivity contribution in [3.8, 4) is 0 Å². The Hall–Kier alpha value is -0.790. The van der Waals surface area contributed by atoms with Crippen LogP contribution in [0.4, 0.5) is 10.1 Å². The Bertz CT molecular complexity index is 584. The zero-order chi connectivity index (χ0) is 14.8. The third-order valence-corrected chi connectivity index (χ3v) is 6.69. The van der Waals surface area contributed by atoms with Gasteiger partial charge in [-0.3, -0.25) is 0 Å². The molecule has 20 heavy (non-hydrogen) atoms. The molecule has 1 aromatic carbocycles. The smallest absolute Gasteiger partial charge is 0.242 e. The normalized spacial score (nSPS) is 18.3. The third kappa shape index (κ3) is 3.27. The van der Waals surface area contributed by atoms with Gasteiger partial charge in [-0.25, -0.2) is 17.5 Å². The maximum Gasteiger partial charge on any atom is 0.242 e. The standard InChI is InChI=1S/C13H19FN2O2S2/c1-19-13(6-2-3-7-13)9-16-20(17,18)12-5-4-10(14)8-11(12)15/h4-5,8,16H,2-3,6-7,9,15H2,1H3. The largest absolute Gasteiger partial charge is 0.398 e. The summed E-state index contributed by atoms with van der Waals surface area (Å²) in [7, 11) is -3.70. The number of nitrogen functional groups attached to an aromatic ring is 1. The summed E-state index contributed by atoms with van der Waals surface area (Å²) >= 11 is 1.70. The van der Waals surface area contributed by atoms with Gasteiger partial charge < -0.3 is 5.73 Å². The summed E-state index contributed by atoms with van der Waals surface area (Å²) in [6.45, 7) is 0.382. The first-order valence-corrected chi connectivity index (χ1v) is 9.19. The van der Waals surface area contributed by atoms with Gasteiger partial charge in [0.1, 0.15) is 10.7 Å². The van der Waals surface area contributed by atoms with Crippen molar-refractivity contribution >= 4 is 27.5 Å². The second-order valence-corrected chi connectivity index (χ2v) is 8.11. The minimum atomic E-state index is -3.70. The van der Waals surface area contributed by atoms with Crippen LogP contribution in [0.2, 0.25) is 0 Å². The van der Waals surface area contributed by atoms with Crippen molar-refractivity contribution in [1.29, 1.82) is 0 Å². The molecule has 1 aromatic rings. The quantitative estimate of drug-likeness (QED) is 0.818. The van der Waals surface area contributed by atoms with Crippen molar-refractivity contribution in [3.05, 3.63) is 24.0 Å². The van der Waals surface area contributed by atoms with Crippen molar-refractivity contribution in [3.63, 3.8) is 0 Å². The molecule has 0 saturated heterocycles. The molecule has 1 saturated carbocycles. The van der Waals surface area contributed by atoms with Crippen molar-refractivity contribution in [2.24, 2.45) is 0 Å². The van der Waals surface area contributed by atoms with E-state index in [0.29, 0.717) is 6.54 Å². The Morgan fingerprint density at radius 3 is 2.60 bits per heavy atom. The molecule has 0 spiro atoms. The van der Waals surface area contributed by atoms with Crippen LogP contribution in [0.3, 0.4) is 0 Å². The van der Waals surface area contributed by atoms with Crippen molar-refractivity contribution < 1.29 is 12.8 Å². The first-order valence-electron chi connectivity index (χ1n) is 6.48. The molecule has 0 aromatic heterocycles. The number of benzene rings is 1. The first kappa shape index (κ1) is 15.6. The first-order chi connectivity index (χ1) is 9.38. The van der Waals surface area contributed by atoms with Crippen LogP contribution in [0.25, 0.3) is 0 Å². The molecule has 1 aliphatic rings. The molecule has 0 radical (unpaired) electrons. The Balaban J connectivity index is 2.15. The lowest BCUT2D eigenvalue weighted by Gasteiger charge is -2.26. The fourth-order valence-electron chi connectivity index (χ4n) is 2.54. The Kier molecular flexibility index (Phi) is 4.61. The lowest BCUT2D eigenvalue weighted by molar-refractivity contribution is 0.551. The molecule has 112 valence electrons. The maximum absolute atomic E-state index is 13.0. The topological polar surface area (TPSA) is 72.2 Å². The number of rotatable bonds is 5. The van der Waals surface area contributed by atoms with Crippen LogP contribution < -0.4 is 10.5 Å². The van der Waals surface area contributed by atoms with Crippen molar-refractivity contribution in [1.82, 2.24) is 4.72 Å². The van der Waals surface area contributed by atoms with Crippen LogP contribution in [-0.2, 0) is 10.0 Å². The van der Waals surface area contributed by atoms with Gasteiger partial charge in [-0.05, 0) is 37.3 Å². The van der Waals surface area contributed by atoms with E-state index < -0.39 is 15.8 Å². The molecule has 0 atom stereocenters. The van der Waals surface area contributed by atoms with Gasteiger partial charge in [0.25, 0.3) is 0 Å². The lowest BCUT2D eigenvalue weighted by atomic mass is 10.1. The summed E-state index contributed by atoms with van der Waals surface area (Å²) in [5.74, 6) is -0.544. The van der Waals surface area contributed by atoms with Gasteiger partial charge in [0.2, 0.25) is 10.0 Å². The summed E-state index contributed by atoms with van der Waals surface area (Å²) in [4.78, 5) is -0.0619. The monoisotopic (exact) mass is 318 g/mol. The number of halogens is 1. The van der Waals surface area contributed by atoms with Crippen LogP contribution in [-0.4, -0.2) is 26.0 Å². The van der Waals surface area contributed by atoms with Crippen LogP contribution >= 0.6 is 11.8 Å². The molecule has 4 nitrogen and oxygen atoms in total. The van der Waals surface area contributed by atoms with Gasteiger partial charge in [0, 0.05) is 11.3 Å². The van der Waals surface area contributed by atoms with Crippen molar-refractivity contribution in [2.75, 3.05) is 18.5 Å². The summed E-state index contributed by atoms with van der Waals surface area (Å²) in [6.07, 6.45) is 6.28. The summed E-state index contributed by atoms with van der Waals surface area (Å²) in [5, 5.41) is 0. The Labute approximate surface area is 123 Å². The van der Waals surface area contributed by atoms with E-state index in [0.717, 1.165) is 37.8 Å². The van der Waals surface area contributed by atoms with Gasteiger partial charge >= 0.3 is 0 Å². The highest BCUT2D eigenvalue weighted by atomic mass is 32.2. The van der Waals surface area contributed by atoms with E-state index in [2.05, 4.69) is 4.72 Å². The van der Waals surface area contributed by atoms with Gasteiger partial charge in [-0.1, -0.05) is 12.8 Å². The maximum atomic E-state index is 13.0. The number of nitrogens with two attached hydrogens (primary N) is 1. The minimum Gasteiger partial charge on any atom is -0.398 e. The molecule has 0 bridgehead atoms. The number of hydrogen-bond donors (Lipinski definition) is 2. The molecule has 1 aliphatic carbocycles. The van der Waals surface area contributed by atoms with Crippen LogP contribution in [0.5, 0.6) is 0 Å². The Morgan fingerprint density at radius 1 is 1.40 bits per heavy atom. The summed E-state index contributed by atoms with van der Waals surface area (Å²) < 4.78 is 40.1. The highest BCUT2D eigenvalue weighted by molar-refractivity contribution is 8.00. The summed E-state index contributed by atoms with van der Waals surface area (Å²) in [5.41, 5.74) is 5.52. The second-order valence-electron chi connectivity index (χ2n) is 5.10. The van der Waals surface area contributed by atoms with Gasteiger partial charge in [-0.15, -0.1) is 0 Å². The van der Waals surface area contributed by atoms with Gasteiger partial charge in [0.15, 0.2) is 0 Å². The molecule has 7 heteroatoms. The second kappa shape index (κ2) is 5.91. The molecule has 0 aliphatic heterocycles. The molecule has 0 unspecified atom stereocenters. The summed E-state index contributed by atoms with van der Waals surface area (Å²) in [6, 6.07) is 3.33. The van der Waals surface area contributed by atoms with E-state index in [4.69, 9.17) is 5.73 Å². The van der Waals surface area contributed by atoms with Crippen molar-refractivity contribution in [2.45, 2.75) is 35.3 Å². The molecule has 3 N–H and O–H groups in total. The van der Waals surface area contributed by atoms with E-state index in [1.807, 2.05) is 6.26 Å². The predicted octanol–water partition coefficient (Wildman–Crippen LogP) is 2.36. The van der Waals surface area contributed by atoms with E-state index >= 15 is 0 Å². The molecule has 1 fully saturated rings. The number of sulfonamides is 1. The molecule has 0 heterocycles. The molecular formula is C13H19FN2O2S2. The van der Waals surface area contributed by atoms with Crippen LogP contribution in [0.1, 0.15) is 25.7 Å². The van der Waals surface area contributed by atoms with E-state index in [1.165, 1.54) is 6.07 Å². The molecule has 0 amide bonds. The van der Waals surface area contributed by atoms with E-state index in [-0.39, 0.29) is 15.3 Å². The highest BCUT2D eigenvalue weighted by Gasteiger charge is 2.34. The van der Waals surface area contributed by atoms with E-state index in [9.17, 15) is 12.8 Å². The van der Waals surface area contributed by atoms with Gasteiger partial charge in [0.05, 0.1) is 5.69 Å². The number of hydrogen-bond acceptors (Lipinski definition) is 4. The fourth-order valence-corrected chi connectivity index (χ4v) is 4.78. The average molecular weight is 318 g/mol. The van der Waals surface area contributed by atoms with Crippen LogP contribution in [0, 0.1) is 5.82 Å². The number of anilines is 1. The highest BCUT2D eigenvalue weighted by Crippen LogP contribution is 2.39. The number of thioether (sulfide) groups is 1. The third-order valence-electron chi connectivity index (χ3n) is 3.79. The lowest BCUT2D eigenvalue weighted by Crippen LogP contribution is -2.38. The van der Waals surface area contributed by atoms with Gasteiger partial charge in [-0.2, -0.15) is 11.8 Å². The average Bonchev–Trinajstić information content (AvgIpc) is 2.85. The zero-order valence-corrected chi connectivity index (χ0v) is 13.0. The van der Waals surface area contributed by atoms with Crippen LogP contribution in [0.15, 0.2) is 23.1 Å². The SMILES string of the molecule is CSC1(CNS(=O)(=O)c2ccc(F)cc2N)CCCC1.